The van der Waals surface area contributed by atoms with Crippen molar-refractivity contribution in [3.05, 3.63) is 29.8 Å². The number of hydrogen-bond acceptors (Lipinski definition) is 4. The molecule has 5 heteroatoms. The highest BCUT2D eigenvalue weighted by molar-refractivity contribution is 5.92. The zero-order chi connectivity index (χ0) is 15.8. The van der Waals surface area contributed by atoms with Crippen LogP contribution in [0.2, 0.25) is 0 Å². The Kier molecular flexibility index (Phi) is 6.46. The summed E-state index contributed by atoms with van der Waals surface area (Å²) in [6.45, 7) is 6.48. The Morgan fingerprint density at radius 1 is 1.24 bits per heavy atom. The van der Waals surface area contributed by atoms with Crippen LogP contribution in [0.4, 0.5) is 0 Å². The first-order valence-corrected chi connectivity index (χ1v) is 6.85. The fourth-order valence-corrected chi connectivity index (χ4v) is 1.82. The van der Waals surface area contributed by atoms with Crippen molar-refractivity contribution in [1.29, 1.82) is 0 Å². The summed E-state index contributed by atoms with van der Waals surface area (Å²) in [5.41, 5.74) is 0.645. The Labute approximate surface area is 125 Å². The van der Waals surface area contributed by atoms with Gasteiger partial charge in [-0.1, -0.05) is 0 Å². The maximum absolute atomic E-state index is 11.9. The summed E-state index contributed by atoms with van der Waals surface area (Å²) in [5.74, 6) is 0.446. The van der Waals surface area contributed by atoms with Crippen LogP contribution in [0.25, 0.3) is 6.08 Å². The molecule has 0 radical (unpaired) electrons. The van der Waals surface area contributed by atoms with Crippen LogP contribution >= 0.6 is 0 Å². The predicted molar refractivity (Wildman–Crippen MR) is 81.3 cm³/mol. The summed E-state index contributed by atoms with van der Waals surface area (Å²) in [6.07, 6.45) is 3.11. The second-order valence-electron chi connectivity index (χ2n) is 4.34. The minimum atomic E-state index is -0.423. The van der Waals surface area contributed by atoms with Gasteiger partial charge in [-0.2, -0.15) is 0 Å². The molecule has 0 aliphatic rings. The van der Waals surface area contributed by atoms with Crippen LogP contribution in [-0.2, 0) is 9.59 Å². The molecule has 0 heterocycles. The molecule has 0 aromatic heterocycles. The van der Waals surface area contributed by atoms with Crippen LogP contribution in [0.15, 0.2) is 24.3 Å². The molecule has 0 N–H and O–H groups in total. The lowest BCUT2D eigenvalue weighted by Gasteiger charge is -2.16. The second-order valence-corrected chi connectivity index (χ2v) is 4.34. The van der Waals surface area contributed by atoms with Gasteiger partial charge >= 0.3 is 5.97 Å². The van der Waals surface area contributed by atoms with Crippen molar-refractivity contribution in [3.63, 3.8) is 0 Å². The third-order valence-corrected chi connectivity index (χ3v) is 2.96. The molecule has 1 rings (SSSR count). The highest BCUT2D eigenvalue weighted by Gasteiger charge is 2.08. The van der Waals surface area contributed by atoms with E-state index in [1.807, 2.05) is 13.8 Å². The fourth-order valence-electron chi connectivity index (χ4n) is 1.82. The van der Waals surface area contributed by atoms with E-state index in [9.17, 15) is 9.59 Å². The number of methoxy groups -OCH3 is 1. The van der Waals surface area contributed by atoms with Gasteiger partial charge in [-0.25, -0.2) is 0 Å². The lowest BCUT2D eigenvalue weighted by molar-refractivity contribution is -0.132. The van der Waals surface area contributed by atoms with Crippen LogP contribution in [0.5, 0.6) is 11.5 Å². The van der Waals surface area contributed by atoms with Gasteiger partial charge in [-0.05, 0) is 32.1 Å². The first-order valence-electron chi connectivity index (χ1n) is 6.85. The van der Waals surface area contributed by atoms with Crippen molar-refractivity contribution < 1.29 is 19.1 Å². The molecule has 21 heavy (non-hydrogen) atoms. The minimum Gasteiger partial charge on any atom is -0.497 e. The van der Waals surface area contributed by atoms with E-state index in [2.05, 4.69) is 0 Å². The van der Waals surface area contributed by atoms with Gasteiger partial charge < -0.3 is 14.4 Å². The average Bonchev–Trinajstić information content (AvgIpc) is 2.46. The fraction of sp³-hybridized carbons (Fsp3) is 0.375. The number of ether oxygens (including phenoxy) is 2. The van der Waals surface area contributed by atoms with Crippen molar-refractivity contribution in [2.45, 2.75) is 20.8 Å². The smallest absolute Gasteiger partial charge is 0.308 e. The van der Waals surface area contributed by atoms with Crippen molar-refractivity contribution in [1.82, 2.24) is 4.90 Å². The van der Waals surface area contributed by atoms with Gasteiger partial charge in [0.15, 0.2) is 0 Å². The zero-order valence-corrected chi connectivity index (χ0v) is 12.9. The lowest BCUT2D eigenvalue weighted by atomic mass is 10.1. The number of benzene rings is 1. The number of amides is 1. The Morgan fingerprint density at radius 3 is 2.43 bits per heavy atom. The van der Waals surface area contributed by atoms with Crippen molar-refractivity contribution in [3.8, 4) is 11.5 Å². The molecule has 0 spiro atoms. The number of carbonyl (C=O) groups is 2. The Balaban J connectivity index is 3.01. The maximum Gasteiger partial charge on any atom is 0.308 e. The van der Waals surface area contributed by atoms with Crippen molar-refractivity contribution in [2.75, 3.05) is 20.2 Å². The Hall–Kier alpha value is -2.30. The largest absolute Gasteiger partial charge is 0.497 e. The summed E-state index contributed by atoms with van der Waals surface area (Å²) >= 11 is 0. The summed E-state index contributed by atoms with van der Waals surface area (Å²) in [5, 5.41) is 0. The molecule has 114 valence electrons. The van der Waals surface area contributed by atoms with Gasteiger partial charge in [-0.15, -0.1) is 0 Å². The Bertz CT molecular complexity index is 533. The highest BCUT2D eigenvalue weighted by atomic mass is 16.5. The number of hydrogen-bond donors (Lipinski definition) is 0. The second kappa shape index (κ2) is 8.09. The lowest BCUT2D eigenvalue weighted by Crippen LogP contribution is -2.28. The van der Waals surface area contributed by atoms with Crippen LogP contribution in [0.1, 0.15) is 26.3 Å². The van der Waals surface area contributed by atoms with Crippen LogP contribution in [0.3, 0.4) is 0 Å². The molecule has 0 aliphatic carbocycles. The molecule has 0 saturated carbocycles. The van der Waals surface area contributed by atoms with E-state index in [1.54, 1.807) is 29.2 Å². The SMILES string of the molecule is CCN(CC)C(=O)/C=C\c1ccc(OC)cc1OC(C)=O. The van der Waals surface area contributed by atoms with Crippen LogP contribution < -0.4 is 9.47 Å². The average molecular weight is 291 g/mol. The molecule has 0 fully saturated rings. The quantitative estimate of drug-likeness (QED) is 0.459. The number of rotatable bonds is 6. The number of nitrogens with zero attached hydrogens (tertiary/aromatic N) is 1. The van der Waals surface area contributed by atoms with Crippen LogP contribution in [-0.4, -0.2) is 37.0 Å². The molecule has 0 atom stereocenters. The highest BCUT2D eigenvalue weighted by Crippen LogP contribution is 2.26. The normalized spacial score (nSPS) is 10.5. The number of esters is 1. The monoisotopic (exact) mass is 291 g/mol. The molecule has 0 aliphatic heterocycles. The molecular weight excluding hydrogens is 270 g/mol. The first-order chi connectivity index (χ1) is 10.0. The van der Waals surface area contributed by atoms with Gasteiger partial charge in [0, 0.05) is 37.7 Å². The van der Waals surface area contributed by atoms with E-state index in [1.165, 1.54) is 20.1 Å². The van der Waals surface area contributed by atoms with E-state index in [4.69, 9.17) is 9.47 Å². The van der Waals surface area contributed by atoms with E-state index >= 15 is 0 Å². The summed E-state index contributed by atoms with van der Waals surface area (Å²) in [6, 6.07) is 5.10. The third-order valence-electron chi connectivity index (χ3n) is 2.96. The van der Waals surface area contributed by atoms with Gasteiger partial charge in [-0.3, -0.25) is 9.59 Å². The van der Waals surface area contributed by atoms with Gasteiger partial charge in [0.1, 0.15) is 11.5 Å². The minimum absolute atomic E-state index is 0.0791. The number of carbonyl (C=O) groups excluding carboxylic acids is 2. The maximum atomic E-state index is 11.9. The standard InChI is InChI=1S/C16H21NO4/c1-5-17(6-2)16(19)10-8-13-7-9-14(20-4)11-15(13)21-12(3)18/h7-11H,5-6H2,1-4H3/b10-8-. The van der Waals surface area contributed by atoms with Crippen molar-refractivity contribution >= 4 is 18.0 Å². The zero-order valence-electron chi connectivity index (χ0n) is 12.9. The molecule has 5 nitrogen and oxygen atoms in total. The third kappa shape index (κ3) is 4.95. The molecule has 1 aromatic carbocycles. The van der Waals surface area contributed by atoms with E-state index < -0.39 is 5.97 Å². The summed E-state index contributed by atoms with van der Waals surface area (Å²) < 4.78 is 10.2. The van der Waals surface area contributed by atoms with E-state index in [-0.39, 0.29) is 5.91 Å². The molecular formula is C16H21NO4. The predicted octanol–water partition coefficient (Wildman–Crippen LogP) is 2.50. The van der Waals surface area contributed by atoms with Gasteiger partial charge in [0.2, 0.25) is 5.91 Å². The van der Waals surface area contributed by atoms with Crippen molar-refractivity contribution in [2.24, 2.45) is 0 Å². The molecule has 1 amide bonds. The van der Waals surface area contributed by atoms with E-state index in [0.717, 1.165) is 0 Å². The van der Waals surface area contributed by atoms with Gasteiger partial charge in [0.05, 0.1) is 7.11 Å². The summed E-state index contributed by atoms with van der Waals surface area (Å²) in [4.78, 5) is 24.8. The first kappa shape index (κ1) is 16.8. The van der Waals surface area contributed by atoms with Crippen LogP contribution in [0, 0.1) is 0 Å². The number of likely N-dealkylation sites (N-methyl/N-ethyl adjacent to an activating group) is 1. The molecule has 1 aromatic rings. The molecule has 0 saturated heterocycles. The van der Waals surface area contributed by atoms with Gasteiger partial charge in [0.25, 0.3) is 0 Å². The molecule has 0 bridgehead atoms. The van der Waals surface area contributed by atoms with E-state index in [0.29, 0.717) is 30.2 Å². The Morgan fingerprint density at radius 2 is 1.90 bits per heavy atom. The topological polar surface area (TPSA) is 55.8 Å². The molecule has 0 unspecified atom stereocenters. The summed E-state index contributed by atoms with van der Waals surface area (Å²) in [7, 11) is 1.53.